The summed E-state index contributed by atoms with van der Waals surface area (Å²) in [7, 11) is 1.93. The third-order valence-electron chi connectivity index (χ3n) is 6.38. The van der Waals surface area contributed by atoms with Crippen molar-refractivity contribution in [1.82, 2.24) is 9.88 Å². The van der Waals surface area contributed by atoms with Crippen molar-refractivity contribution in [3.63, 3.8) is 0 Å². The molecular weight excluding hydrogens is 361 g/mol. The Hall–Kier alpha value is -2.41. The second kappa shape index (κ2) is 6.88. The Morgan fingerprint density at radius 2 is 2.07 bits per heavy atom. The smallest absolute Gasteiger partial charge is 0.341 e. The molecule has 1 aromatic heterocycles. The number of rotatable bonds is 5. The molecule has 2 heterocycles. The molecule has 150 valence electrons. The van der Waals surface area contributed by atoms with Gasteiger partial charge in [-0.05, 0) is 52.1 Å². The topological polar surface area (TPSA) is 74.6 Å². The fraction of sp³-hybridized carbons (Fsp3) is 0.524. The highest BCUT2D eigenvalue weighted by molar-refractivity contribution is 5.95. The van der Waals surface area contributed by atoms with Crippen LogP contribution in [0.1, 0.15) is 48.1 Å². The summed E-state index contributed by atoms with van der Waals surface area (Å²) in [6, 6.07) is 2.27. The number of carboxylic acid groups (broad SMARTS) is 1. The first-order valence-corrected chi connectivity index (χ1v) is 9.87. The maximum absolute atomic E-state index is 15.3. The van der Waals surface area contributed by atoms with E-state index in [9.17, 15) is 14.7 Å². The largest absolute Gasteiger partial charge is 0.477 e. The molecule has 0 amide bonds. The van der Waals surface area contributed by atoms with Gasteiger partial charge in [0.2, 0.25) is 5.43 Å². The van der Waals surface area contributed by atoms with Crippen LogP contribution in [-0.2, 0) is 0 Å². The lowest BCUT2D eigenvalue weighted by atomic mass is 10.0. The van der Waals surface area contributed by atoms with Crippen LogP contribution in [0.15, 0.2) is 17.1 Å². The Bertz CT molecular complexity index is 1010. The third kappa shape index (κ3) is 2.98. The third-order valence-corrected chi connectivity index (χ3v) is 6.38. The zero-order valence-corrected chi connectivity index (χ0v) is 16.5. The average molecular weight is 387 g/mol. The lowest BCUT2D eigenvalue weighted by Crippen LogP contribution is -2.33. The Balaban J connectivity index is 1.88. The van der Waals surface area contributed by atoms with E-state index in [1.165, 1.54) is 6.20 Å². The van der Waals surface area contributed by atoms with Crippen LogP contribution in [0.25, 0.3) is 10.9 Å². The number of aromatic carboxylic acids is 1. The molecule has 0 radical (unpaired) electrons. The van der Waals surface area contributed by atoms with Crippen molar-refractivity contribution >= 4 is 22.6 Å². The van der Waals surface area contributed by atoms with Crippen molar-refractivity contribution in [2.24, 2.45) is 5.92 Å². The van der Waals surface area contributed by atoms with Gasteiger partial charge in [-0.15, -0.1) is 0 Å². The number of hydrogen-bond acceptors (Lipinski definition) is 4. The molecule has 1 saturated carbocycles. The summed E-state index contributed by atoms with van der Waals surface area (Å²) in [5.41, 5.74) is 0.480. The highest BCUT2D eigenvalue weighted by atomic mass is 19.1. The van der Waals surface area contributed by atoms with E-state index in [1.54, 1.807) is 13.0 Å². The summed E-state index contributed by atoms with van der Waals surface area (Å²) in [5, 5.41) is 12.9. The Labute approximate surface area is 163 Å². The van der Waals surface area contributed by atoms with Crippen molar-refractivity contribution < 1.29 is 14.3 Å². The number of aryl methyl sites for hydroxylation is 1. The number of carbonyl (C=O) groups is 1. The quantitative estimate of drug-likeness (QED) is 0.825. The van der Waals surface area contributed by atoms with Gasteiger partial charge in [-0.2, -0.15) is 0 Å². The predicted molar refractivity (Wildman–Crippen MR) is 107 cm³/mol. The molecule has 1 aromatic carbocycles. The van der Waals surface area contributed by atoms with Crippen LogP contribution in [0, 0.1) is 18.7 Å². The molecule has 0 unspecified atom stereocenters. The highest BCUT2D eigenvalue weighted by Gasteiger charge is 2.31. The maximum Gasteiger partial charge on any atom is 0.341 e. The summed E-state index contributed by atoms with van der Waals surface area (Å²) in [6.07, 6.45) is 4.29. The zero-order valence-electron chi connectivity index (χ0n) is 16.5. The fourth-order valence-corrected chi connectivity index (χ4v) is 4.34. The lowest BCUT2D eigenvalue weighted by molar-refractivity contribution is 0.0695. The number of pyridine rings is 1. The highest BCUT2D eigenvalue weighted by Crippen LogP contribution is 2.39. The second-order valence-electron chi connectivity index (χ2n) is 8.12. The molecule has 1 aliphatic carbocycles. The van der Waals surface area contributed by atoms with Gasteiger partial charge in [0.1, 0.15) is 11.4 Å². The van der Waals surface area contributed by atoms with Crippen LogP contribution in [0.2, 0.25) is 0 Å². The summed E-state index contributed by atoms with van der Waals surface area (Å²) in [5.74, 6) is -1.26. The van der Waals surface area contributed by atoms with E-state index in [1.807, 2.05) is 16.5 Å². The minimum absolute atomic E-state index is 0.176. The number of aromatic nitrogens is 1. The molecule has 28 heavy (non-hydrogen) atoms. The average Bonchev–Trinajstić information content (AvgIpc) is 3.39. The number of anilines is 1. The zero-order chi connectivity index (χ0) is 20.2. The predicted octanol–water partition coefficient (Wildman–Crippen LogP) is 2.92. The Morgan fingerprint density at radius 1 is 1.36 bits per heavy atom. The Kier molecular flexibility index (Phi) is 4.65. The van der Waals surface area contributed by atoms with Crippen LogP contribution in [0.4, 0.5) is 10.1 Å². The number of halogens is 1. The standard InChI is InChI=1S/C21H26FN3O3/c1-11-18-16(25(14-4-5-14)10-15(20(18)26)21(27)28)8-17(19(11)22)24-7-6-13(9-24)12(2)23-3/h8,10,12-14,23H,4-7,9H2,1-3H3,(H,27,28)/t12-,13-/m1/s1. The van der Waals surface area contributed by atoms with Crippen molar-refractivity contribution in [2.75, 3.05) is 25.0 Å². The monoisotopic (exact) mass is 387 g/mol. The van der Waals surface area contributed by atoms with E-state index in [-0.39, 0.29) is 22.6 Å². The number of benzene rings is 1. The van der Waals surface area contributed by atoms with Crippen molar-refractivity contribution in [2.45, 2.75) is 45.2 Å². The Morgan fingerprint density at radius 3 is 2.68 bits per heavy atom. The molecule has 6 nitrogen and oxygen atoms in total. The summed E-state index contributed by atoms with van der Waals surface area (Å²) in [4.78, 5) is 26.4. The van der Waals surface area contributed by atoms with Crippen molar-refractivity contribution in [3.05, 3.63) is 39.4 Å². The summed E-state index contributed by atoms with van der Waals surface area (Å²) < 4.78 is 17.2. The summed E-state index contributed by atoms with van der Waals surface area (Å²) in [6.45, 7) is 5.23. The van der Waals surface area contributed by atoms with Gasteiger partial charge in [0, 0.05) is 36.9 Å². The first-order valence-electron chi connectivity index (χ1n) is 9.87. The van der Waals surface area contributed by atoms with Gasteiger partial charge < -0.3 is 19.9 Å². The molecule has 2 N–H and O–H groups in total. The van der Waals surface area contributed by atoms with Gasteiger partial charge >= 0.3 is 5.97 Å². The molecule has 2 aromatic rings. The van der Waals surface area contributed by atoms with Crippen molar-refractivity contribution in [3.8, 4) is 0 Å². The van der Waals surface area contributed by atoms with E-state index in [0.717, 1.165) is 32.4 Å². The van der Waals surface area contributed by atoms with E-state index in [0.29, 0.717) is 23.2 Å². The molecule has 1 aliphatic heterocycles. The number of nitrogens with zero attached hydrogens (tertiary/aromatic N) is 2. The molecule has 4 rings (SSSR count). The maximum atomic E-state index is 15.3. The van der Waals surface area contributed by atoms with Crippen LogP contribution >= 0.6 is 0 Å². The minimum Gasteiger partial charge on any atom is -0.477 e. The van der Waals surface area contributed by atoms with Gasteiger partial charge in [0.15, 0.2) is 0 Å². The van der Waals surface area contributed by atoms with Gasteiger partial charge in [0.25, 0.3) is 0 Å². The van der Waals surface area contributed by atoms with Crippen LogP contribution in [0.3, 0.4) is 0 Å². The van der Waals surface area contributed by atoms with Crippen LogP contribution in [0.5, 0.6) is 0 Å². The van der Waals surface area contributed by atoms with Gasteiger partial charge in [-0.25, -0.2) is 9.18 Å². The minimum atomic E-state index is -1.27. The normalized spacial score (nSPS) is 20.7. The van der Waals surface area contributed by atoms with E-state index >= 15 is 4.39 Å². The van der Waals surface area contributed by atoms with Crippen LogP contribution in [-0.4, -0.2) is 41.8 Å². The molecule has 0 bridgehead atoms. The summed E-state index contributed by atoms with van der Waals surface area (Å²) >= 11 is 0. The fourth-order valence-electron chi connectivity index (χ4n) is 4.34. The molecule has 0 spiro atoms. The number of carboxylic acids is 1. The second-order valence-corrected chi connectivity index (χ2v) is 8.12. The number of nitrogens with one attached hydrogen (secondary N) is 1. The van der Waals surface area contributed by atoms with E-state index in [4.69, 9.17) is 0 Å². The number of hydrogen-bond donors (Lipinski definition) is 2. The molecule has 2 atom stereocenters. The molecule has 2 fully saturated rings. The van der Waals surface area contributed by atoms with Gasteiger partial charge in [-0.3, -0.25) is 4.79 Å². The SMILES string of the molecule is CN[C@H](C)[C@@H]1CCN(c2cc3c(c(C)c2F)c(=O)c(C(=O)O)cn3C2CC2)C1. The van der Waals surface area contributed by atoms with Gasteiger partial charge in [-0.1, -0.05) is 0 Å². The first kappa shape index (κ1) is 18.9. The molecule has 2 aliphatic rings. The van der Waals surface area contributed by atoms with E-state index in [2.05, 4.69) is 12.2 Å². The molecular formula is C21H26FN3O3. The van der Waals surface area contributed by atoms with Crippen molar-refractivity contribution in [1.29, 1.82) is 0 Å². The number of fused-ring (bicyclic) bond motifs is 1. The first-order chi connectivity index (χ1) is 13.3. The van der Waals surface area contributed by atoms with Crippen LogP contribution < -0.4 is 15.6 Å². The molecule has 1 saturated heterocycles. The lowest BCUT2D eigenvalue weighted by Gasteiger charge is -2.24. The molecule has 7 heteroatoms. The van der Waals surface area contributed by atoms with E-state index < -0.39 is 17.2 Å². The van der Waals surface area contributed by atoms with Gasteiger partial charge in [0.05, 0.1) is 16.6 Å².